The van der Waals surface area contributed by atoms with Crippen LogP contribution in [0.25, 0.3) is 6.08 Å². The quantitative estimate of drug-likeness (QED) is 0.581. The van der Waals surface area contributed by atoms with Crippen LogP contribution < -0.4 is 14.8 Å². The summed E-state index contributed by atoms with van der Waals surface area (Å²) < 4.78 is 30.5. The summed E-state index contributed by atoms with van der Waals surface area (Å²) in [6.45, 7) is -0.459. The Morgan fingerprint density at radius 3 is 2.63 bits per heavy atom. The minimum absolute atomic E-state index is 0.259. The maximum atomic E-state index is 13.5. The summed E-state index contributed by atoms with van der Waals surface area (Å²) >= 11 is 0. The van der Waals surface area contributed by atoms with Crippen LogP contribution in [0.4, 0.5) is 10.1 Å². The molecule has 0 aromatic heterocycles. The van der Waals surface area contributed by atoms with E-state index in [-0.39, 0.29) is 5.56 Å². The molecule has 1 aliphatic carbocycles. The van der Waals surface area contributed by atoms with Crippen molar-refractivity contribution in [1.82, 2.24) is 0 Å². The summed E-state index contributed by atoms with van der Waals surface area (Å²) in [4.78, 5) is 23.9. The summed E-state index contributed by atoms with van der Waals surface area (Å²) in [5.74, 6) is -0.994. The average molecular weight is 411 g/mol. The van der Waals surface area contributed by atoms with Gasteiger partial charge >= 0.3 is 5.97 Å². The van der Waals surface area contributed by atoms with E-state index in [1.54, 1.807) is 30.3 Å². The van der Waals surface area contributed by atoms with E-state index in [1.165, 1.54) is 24.6 Å². The van der Waals surface area contributed by atoms with E-state index in [4.69, 9.17) is 14.2 Å². The lowest BCUT2D eigenvalue weighted by atomic mass is 9.94. The monoisotopic (exact) mass is 411 g/mol. The molecule has 0 bridgehead atoms. The van der Waals surface area contributed by atoms with Gasteiger partial charge in [0, 0.05) is 36.2 Å². The van der Waals surface area contributed by atoms with Crippen molar-refractivity contribution < 1.29 is 28.2 Å². The maximum absolute atomic E-state index is 13.5. The zero-order valence-corrected chi connectivity index (χ0v) is 16.4. The van der Waals surface area contributed by atoms with E-state index < -0.39 is 30.1 Å². The largest absolute Gasteiger partial charge is 0.452 e. The number of nitrogens with one attached hydrogen (secondary N) is 1. The van der Waals surface area contributed by atoms with E-state index in [9.17, 15) is 14.0 Å². The van der Waals surface area contributed by atoms with E-state index in [0.717, 1.165) is 31.8 Å². The SMILES string of the molecule is O=C(COC(=O)/C=C/c1ccccc1F)Nc1ccc2c(c1)OC1(CCCCC1)O2. The van der Waals surface area contributed by atoms with Crippen molar-refractivity contribution in [2.75, 3.05) is 11.9 Å². The molecular formula is C23H22FNO5. The number of fused-ring (bicyclic) bond motifs is 1. The van der Waals surface area contributed by atoms with Crippen molar-refractivity contribution in [1.29, 1.82) is 0 Å². The molecule has 2 aliphatic rings. The highest BCUT2D eigenvalue weighted by Gasteiger charge is 2.42. The van der Waals surface area contributed by atoms with Crippen molar-refractivity contribution in [2.45, 2.75) is 37.9 Å². The predicted octanol–water partition coefficient (Wildman–Crippen LogP) is 4.45. The molecule has 2 aromatic rings. The van der Waals surface area contributed by atoms with Gasteiger partial charge in [0.15, 0.2) is 18.1 Å². The van der Waals surface area contributed by atoms with Gasteiger partial charge < -0.3 is 19.5 Å². The predicted molar refractivity (Wildman–Crippen MR) is 109 cm³/mol. The summed E-state index contributed by atoms with van der Waals surface area (Å²) in [5, 5.41) is 2.67. The van der Waals surface area contributed by atoms with Crippen LogP contribution in [0.3, 0.4) is 0 Å². The molecule has 1 heterocycles. The number of rotatable bonds is 5. The Morgan fingerprint density at radius 2 is 1.83 bits per heavy atom. The van der Waals surface area contributed by atoms with Gasteiger partial charge in [-0.25, -0.2) is 9.18 Å². The number of ether oxygens (including phenoxy) is 3. The molecule has 1 N–H and O–H groups in total. The maximum Gasteiger partial charge on any atom is 0.331 e. The third kappa shape index (κ3) is 4.62. The van der Waals surface area contributed by atoms with Crippen molar-refractivity contribution in [2.24, 2.45) is 0 Å². The second kappa shape index (κ2) is 8.57. The van der Waals surface area contributed by atoms with Gasteiger partial charge in [0.1, 0.15) is 5.82 Å². The Kier molecular flexibility index (Phi) is 5.70. The molecule has 2 aromatic carbocycles. The summed E-state index contributed by atoms with van der Waals surface area (Å²) in [6.07, 6.45) is 7.38. The number of hydrogen-bond donors (Lipinski definition) is 1. The number of halogens is 1. The van der Waals surface area contributed by atoms with Crippen molar-refractivity contribution in [3.63, 3.8) is 0 Å². The third-order valence-electron chi connectivity index (χ3n) is 5.08. The Morgan fingerprint density at radius 1 is 1.07 bits per heavy atom. The van der Waals surface area contributed by atoms with Crippen LogP contribution in [0.2, 0.25) is 0 Å². The first kappa shape index (κ1) is 19.9. The molecule has 1 spiro atoms. The van der Waals surface area contributed by atoms with Crippen LogP contribution in [0, 0.1) is 5.82 Å². The Bertz CT molecular complexity index is 981. The number of carbonyl (C=O) groups excluding carboxylic acids is 2. The van der Waals surface area contributed by atoms with E-state index in [0.29, 0.717) is 17.2 Å². The fourth-order valence-corrected chi connectivity index (χ4v) is 3.62. The highest BCUT2D eigenvalue weighted by Crippen LogP contribution is 2.46. The lowest BCUT2D eigenvalue weighted by molar-refractivity contribution is -0.142. The standard InChI is InChI=1S/C23H22FNO5/c24-18-7-3-2-6-16(18)8-11-22(27)28-15-21(26)25-17-9-10-19-20(14-17)30-23(29-19)12-4-1-5-13-23/h2-3,6-11,14H,1,4-5,12-13,15H2,(H,25,26)/b11-8+. The molecule has 4 rings (SSSR count). The number of esters is 1. The van der Waals surface area contributed by atoms with Crippen LogP contribution in [0.1, 0.15) is 37.7 Å². The molecule has 6 nitrogen and oxygen atoms in total. The van der Waals surface area contributed by atoms with E-state index in [1.807, 2.05) is 0 Å². The Hall–Kier alpha value is -3.35. The molecule has 1 saturated carbocycles. The van der Waals surface area contributed by atoms with Gasteiger partial charge in [-0.2, -0.15) is 0 Å². The average Bonchev–Trinajstić information content (AvgIpc) is 3.08. The molecule has 0 atom stereocenters. The first-order valence-corrected chi connectivity index (χ1v) is 9.94. The lowest BCUT2D eigenvalue weighted by Crippen LogP contribution is -2.40. The molecule has 0 unspecified atom stereocenters. The second-order valence-corrected chi connectivity index (χ2v) is 7.35. The number of amides is 1. The van der Waals surface area contributed by atoms with Crippen molar-refractivity contribution in [3.05, 3.63) is 59.9 Å². The number of benzene rings is 2. The second-order valence-electron chi connectivity index (χ2n) is 7.35. The zero-order valence-electron chi connectivity index (χ0n) is 16.4. The zero-order chi connectivity index (χ0) is 21.0. The first-order chi connectivity index (χ1) is 14.5. The topological polar surface area (TPSA) is 73.9 Å². The van der Waals surface area contributed by atoms with E-state index in [2.05, 4.69) is 5.32 Å². The minimum atomic E-state index is -0.738. The molecule has 7 heteroatoms. The number of hydrogen-bond acceptors (Lipinski definition) is 5. The summed E-state index contributed by atoms with van der Waals surface area (Å²) in [7, 11) is 0. The molecule has 0 radical (unpaired) electrons. The van der Waals surface area contributed by atoms with Gasteiger partial charge in [0.2, 0.25) is 0 Å². The van der Waals surface area contributed by atoms with Crippen LogP contribution >= 0.6 is 0 Å². The third-order valence-corrected chi connectivity index (χ3v) is 5.08. The number of anilines is 1. The van der Waals surface area contributed by atoms with Gasteiger partial charge in [-0.05, 0) is 37.1 Å². The molecule has 0 saturated heterocycles. The molecule has 30 heavy (non-hydrogen) atoms. The van der Waals surface area contributed by atoms with Crippen molar-refractivity contribution in [3.8, 4) is 11.5 Å². The highest BCUT2D eigenvalue weighted by atomic mass is 19.1. The van der Waals surface area contributed by atoms with Crippen LogP contribution in [0.15, 0.2) is 48.5 Å². The number of carbonyl (C=O) groups is 2. The minimum Gasteiger partial charge on any atom is -0.452 e. The highest BCUT2D eigenvalue weighted by molar-refractivity contribution is 5.94. The van der Waals surface area contributed by atoms with Gasteiger partial charge in [0.05, 0.1) is 0 Å². The Labute approximate surface area is 173 Å². The smallest absolute Gasteiger partial charge is 0.331 e. The molecule has 1 amide bonds. The summed E-state index contributed by atoms with van der Waals surface area (Å²) in [6, 6.07) is 11.2. The molecular weight excluding hydrogens is 389 g/mol. The van der Waals surface area contributed by atoms with Crippen LogP contribution in [-0.4, -0.2) is 24.3 Å². The van der Waals surface area contributed by atoms with Gasteiger partial charge in [-0.3, -0.25) is 4.79 Å². The van der Waals surface area contributed by atoms with Crippen molar-refractivity contribution >= 4 is 23.6 Å². The van der Waals surface area contributed by atoms with Crippen LogP contribution in [-0.2, 0) is 14.3 Å². The lowest BCUT2D eigenvalue weighted by Gasteiger charge is -2.31. The van der Waals surface area contributed by atoms with Crippen LogP contribution in [0.5, 0.6) is 11.5 Å². The Balaban J connectivity index is 1.28. The van der Waals surface area contributed by atoms with Gasteiger partial charge in [-0.15, -0.1) is 0 Å². The molecule has 156 valence electrons. The fraction of sp³-hybridized carbons (Fsp3) is 0.304. The molecule has 1 fully saturated rings. The van der Waals surface area contributed by atoms with Gasteiger partial charge in [0.25, 0.3) is 11.7 Å². The summed E-state index contributed by atoms with van der Waals surface area (Å²) in [5.41, 5.74) is 0.781. The normalized spacial score (nSPS) is 16.6. The first-order valence-electron chi connectivity index (χ1n) is 9.94. The van der Waals surface area contributed by atoms with E-state index >= 15 is 0 Å². The molecule has 1 aliphatic heterocycles. The van der Waals surface area contributed by atoms with Gasteiger partial charge in [-0.1, -0.05) is 24.6 Å². The fourth-order valence-electron chi connectivity index (χ4n) is 3.62.